The van der Waals surface area contributed by atoms with Crippen LogP contribution < -0.4 is 5.32 Å². The van der Waals surface area contributed by atoms with E-state index in [1.807, 2.05) is 6.26 Å². The van der Waals surface area contributed by atoms with E-state index in [-0.39, 0.29) is 5.97 Å². The molecule has 26 heavy (non-hydrogen) atoms. The van der Waals surface area contributed by atoms with E-state index < -0.39 is 0 Å². The number of aromatic nitrogens is 2. The van der Waals surface area contributed by atoms with Crippen LogP contribution in [0.15, 0.2) is 10.2 Å². The largest absolute Gasteiger partial charge is 0.465 e. The standard InChI is InChI=1S/C19H29N3O2S2/c1-24-18(23)15-16(20-12-13-8-4-3-5-9-13)21-19(25-2)22-17(15)26-14-10-6-7-11-14/h13-14H,3-12H2,1-2H3,(H,20,21,22). The Morgan fingerprint density at radius 1 is 1.12 bits per heavy atom. The van der Waals surface area contributed by atoms with Crippen molar-refractivity contribution in [1.29, 1.82) is 0 Å². The van der Waals surface area contributed by atoms with Gasteiger partial charge in [0, 0.05) is 11.8 Å². The Balaban J connectivity index is 1.84. The van der Waals surface area contributed by atoms with Crippen LogP contribution in [0.4, 0.5) is 5.82 Å². The molecule has 2 saturated carbocycles. The second kappa shape index (κ2) is 9.83. The van der Waals surface area contributed by atoms with Crippen molar-refractivity contribution in [3.8, 4) is 0 Å². The summed E-state index contributed by atoms with van der Waals surface area (Å²) in [6.45, 7) is 0.863. The van der Waals surface area contributed by atoms with Crippen LogP contribution in [-0.2, 0) is 4.74 Å². The number of hydrogen-bond donors (Lipinski definition) is 1. The minimum atomic E-state index is -0.343. The third kappa shape index (κ3) is 5.06. The molecule has 0 saturated heterocycles. The van der Waals surface area contributed by atoms with Crippen molar-refractivity contribution in [1.82, 2.24) is 9.97 Å². The van der Waals surface area contributed by atoms with Gasteiger partial charge in [0.25, 0.3) is 0 Å². The molecule has 3 rings (SSSR count). The van der Waals surface area contributed by atoms with E-state index in [0.29, 0.717) is 27.7 Å². The number of rotatable bonds is 7. The number of ether oxygens (including phenoxy) is 1. The molecule has 1 aromatic rings. The molecule has 0 aliphatic heterocycles. The minimum Gasteiger partial charge on any atom is -0.465 e. The van der Waals surface area contributed by atoms with E-state index in [4.69, 9.17) is 4.74 Å². The Kier molecular flexibility index (Phi) is 7.49. The van der Waals surface area contributed by atoms with Gasteiger partial charge in [0.15, 0.2) is 5.16 Å². The third-order valence-corrected chi connectivity index (χ3v) is 7.16. The van der Waals surface area contributed by atoms with Crippen LogP contribution in [0.25, 0.3) is 0 Å². The topological polar surface area (TPSA) is 64.1 Å². The van der Waals surface area contributed by atoms with Crippen molar-refractivity contribution >= 4 is 35.3 Å². The number of anilines is 1. The van der Waals surface area contributed by atoms with Gasteiger partial charge in [-0.05, 0) is 37.9 Å². The van der Waals surface area contributed by atoms with Gasteiger partial charge >= 0.3 is 5.97 Å². The molecule has 2 aliphatic carbocycles. The van der Waals surface area contributed by atoms with Gasteiger partial charge < -0.3 is 10.1 Å². The quantitative estimate of drug-likeness (QED) is 0.301. The molecule has 0 radical (unpaired) electrons. The molecule has 0 aromatic carbocycles. The number of thioether (sulfide) groups is 2. The van der Waals surface area contributed by atoms with E-state index in [1.165, 1.54) is 76.7 Å². The van der Waals surface area contributed by atoms with Crippen LogP contribution in [0.1, 0.15) is 68.1 Å². The fraction of sp³-hybridized carbons (Fsp3) is 0.737. The normalized spacial score (nSPS) is 18.8. The Bertz CT molecular complexity index is 615. The summed E-state index contributed by atoms with van der Waals surface area (Å²) in [5.74, 6) is 0.958. The first-order valence-corrected chi connectivity index (χ1v) is 11.8. The highest BCUT2D eigenvalue weighted by molar-refractivity contribution is 8.00. The van der Waals surface area contributed by atoms with Gasteiger partial charge in [-0.3, -0.25) is 0 Å². The summed E-state index contributed by atoms with van der Waals surface area (Å²) < 4.78 is 5.07. The Morgan fingerprint density at radius 2 is 1.81 bits per heavy atom. The van der Waals surface area contributed by atoms with E-state index in [9.17, 15) is 4.79 Å². The number of carbonyl (C=O) groups excluding carboxylic acids is 1. The van der Waals surface area contributed by atoms with Crippen molar-refractivity contribution < 1.29 is 9.53 Å². The van der Waals surface area contributed by atoms with Crippen LogP contribution >= 0.6 is 23.5 Å². The molecule has 0 bridgehead atoms. The fourth-order valence-electron chi connectivity index (χ4n) is 3.81. The zero-order valence-electron chi connectivity index (χ0n) is 15.8. The third-order valence-electron chi connectivity index (χ3n) is 5.29. The van der Waals surface area contributed by atoms with E-state index >= 15 is 0 Å². The van der Waals surface area contributed by atoms with Crippen molar-refractivity contribution in [2.75, 3.05) is 25.2 Å². The first-order chi connectivity index (χ1) is 12.7. The molecular weight excluding hydrogens is 366 g/mol. The predicted octanol–water partition coefficient (Wildman–Crippen LogP) is 5.01. The first-order valence-electron chi connectivity index (χ1n) is 9.66. The zero-order chi connectivity index (χ0) is 18.4. The van der Waals surface area contributed by atoms with Crippen LogP contribution in [0, 0.1) is 5.92 Å². The molecule has 0 spiro atoms. The molecule has 0 atom stereocenters. The Morgan fingerprint density at radius 3 is 2.46 bits per heavy atom. The maximum absolute atomic E-state index is 12.5. The van der Waals surface area contributed by atoms with Gasteiger partial charge in [0.05, 0.1) is 7.11 Å². The van der Waals surface area contributed by atoms with Crippen LogP contribution in [0.3, 0.4) is 0 Å². The zero-order valence-corrected chi connectivity index (χ0v) is 17.4. The highest BCUT2D eigenvalue weighted by Gasteiger charge is 2.26. The second-order valence-electron chi connectivity index (χ2n) is 7.14. The predicted molar refractivity (Wildman–Crippen MR) is 108 cm³/mol. The van der Waals surface area contributed by atoms with E-state index in [0.717, 1.165) is 11.6 Å². The van der Waals surface area contributed by atoms with Crippen LogP contribution in [-0.4, -0.2) is 41.1 Å². The van der Waals surface area contributed by atoms with Crippen LogP contribution in [0.2, 0.25) is 0 Å². The summed E-state index contributed by atoms with van der Waals surface area (Å²) in [5.41, 5.74) is 0.512. The lowest BCUT2D eigenvalue weighted by molar-refractivity contribution is 0.0596. The van der Waals surface area contributed by atoms with Crippen molar-refractivity contribution in [3.63, 3.8) is 0 Å². The monoisotopic (exact) mass is 395 g/mol. The molecule has 1 heterocycles. The number of methoxy groups -OCH3 is 1. The van der Waals surface area contributed by atoms with Gasteiger partial charge in [-0.1, -0.05) is 43.9 Å². The lowest BCUT2D eigenvalue weighted by Crippen LogP contribution is -2.20. The fourth-order valence-corrected chi connectivity index (χ4v) is 5.55. The molecule has 144 valence electrons. The van der Waals surface area contributed by atoms with Gasteiger partial charge in [-0.2, -0.15) is 0 Å². The minimum absolute atomic E-state index is 0.343. The number of nitrogens with one attached hydrogen (secondary N) is 1. The molecule has 0 unspecified atom stereocenters. The molecule has 1 N–H and O–H groups in total. The summed E-state index contributed by atoms with van der Waals surface area (Å²) in [7, 11) is 1.43. The maximum atomic E-state index is 12.5. The molecule has 1 aromatic heterocycles. The average Bonchev–Trinajstić information content (AvgIpc) is 3.19. The van der Waals surface area contributed by atoms with E-state index in [2.05, 4.69) is 15.3 Å². The molecule has 7 heteroatoms. The smallest absolute Gasteiger partial charge is 0.344 e. The van der Waals surface area contributed by atoms with Crippen molar-refractivity contribution in [2.24, 2.45) is 5.92 Å². The molecular formula is C19H29N3O2S2. The molecule has 2 aliphatic rings. The van der Waals surface area contributed by atoms with E-state index in [1.54, 1.807) is 11.8 Å². The second-order valence-corrected chi connectivity index (χ2v) is 9.20. The summed E-state index contributed by atoms with van der Waals surface area (Å²) >= 11 is 3.24. The van der Waals surface area contributed by atoms with Crippen LogP contribution in [0.5, 0.6) is 0 Å². The van der Waals surface area contributed by atoms with Gasteiger partial charge in [-0.15, -0.1) is 11.8 Å². The number of carbonyl (C=O) groups is 1. The molecule has 2 fully saturated rings. The summed E-state index contributed by atoms with van der Waals surface area (Å²) in [4.78, 5) is 21.8. The lowest BCUT2D eigenvalue weighted by atomic mass is 9.89. The van der Waals surface area contributed by atoms with Gasteiger partial charge in [0.2, 0.25) is 0 Å². The first kappa shape index (κ1) is 19.8. The van der Waals surface area contributed by atoms with Crippen molar-refractivity contribution in [2.45, 2.75) is 73.2 Å². The molecule has 5 nitrogen and oxygen atoms in total. The summed E-state index contributed by atoms with van der Waals surface area (Å²) in [6, 6.07) is 0. The summed E-state index contributed by atoms with van der Waals surface area (Å²) in [6.07, 6.45) is 13.3. The molecule has 0 amide bonds. The maximum Gasteiger partial charge on any atom is 0.344 e. The summed E-state index contributed by atoms with van der Waals surface area (Å²) in [5, 5.41) is 5.48. The SMILES string of the molecule is COC(=O)c1c(NCC2CCCCC2)nc(SC)nc1SC1CCCC1. The Labute approximate surface area is 164 Å². The Hall–Kier alpha value is -0.950. The van der Waals surface area contributed by atoms with Gasteiger partial charge in [0.1, 0.15) is 16.4 Å². The van der Waals surface area contributed by atoms with Gasteiger partial charge in [-0.25, -0.2) is 14.8 Å². The number of esters is 1. The average molecular weight is 396 g/mol. The lowest BCUT2D eigenvalue weighted by Gasteiger charge is -2.23. The highest BCUT2D eigenvalue weighted by Crippen LogP contribution is 2.38. The van der Waals surface area contributed by atoms with Crippen molar-refractivity contribution in [3.05, 3.63) is 5.56 Å². The number of nitrogens with zero attached hydrogens (tertiary/aromatic N) is 2. The number of hydrogen-bond acceptors (Lipinski definition) is 7. The highest BCUT2D eigenvalue weighted by atomic mass is 32.2.